The Morgan fingerprint density at radius 3 is 2.54 bits per heavy atom. The summed E-state index contributed by atoms with van der Waals surface area (Å²) >= 11 is 0. The molecule has 0 bridgehead atoms. The van der Waals surface area contributed by atoms with Crippen molar-refractivity contribution in [2.75, 3.05) is 7.11 Å². The Hall–Kier alpha value is -1.09. The first kappa shape index (κ1) is 9.99. The van der Waals surface area contributed by atoms with Gasteiger partial charge in [-0.15, -0.1) is 0 Å². The molecule has 0 aromatic heterocycles. The number of halogens is 1. The van der Waals surface area contributed by atoms with Gasteiger partial charge in [0.15, 0.2) is 0 Å². The lowest BCUT2D eigenvalue weighted by molar-refractivity contribution is 0.409. The molecule has 0 saturated carbocycles. The predicted octanol–water partition coefficient (Wildman–Crippen LogP) is 2.16. The number of methoxy groups -OCH3 is 1. The number of hydrogen-bond donors (Lipinski definition) is 1. The average molecular weight is 183 g/mol. The summed E-state index contributed by atoms with van der Waals surface area (Å²) < 4.78 is 18.4. The van der Waals surface area contributed by atoms with E-state index in [1.54, 1.807) is 27.0 Å². The summed E-state index contributed by atoms with van der Waals surface area (Å²) in [6, 6.07) is 2.78. The van der Waals surface area contributed by atoms with E-state index in [1.807, 2.05) is 0 Å². The molecule has 0 saturated heterocycles. The Kier molecular flexibility index (Phi) is 2.88. The second kappa shape index (κ2) is 3.75. The molecule has 0 radical (unpaired) electrons. The minimum Gasteiger partial charge on any atom is -0.496 e. The number of benzene rings is 1. The highest BCUT2D eigenvalue weighted by atomic mass is 19.1. The molecule has 1 unspecified atom stereocenters. The monoisotopic (exact) mass is 183 g/mol. The van der Waals surface area contributed by atoms with E-state index in [4.69, 9.17) is 10.5 Å². The summed E-state index contributed by atoms with van der Waals surface area (Å²) in [7, 11) is 1.56. The van der Waals surface area contributed by atoms with Crippen molar-refractivity contribution in [2.24, 2.45) is 5.73 Å². The number of nitrogens with two attached hydrogens (primary N) is 1. The molecule has 3 heteroatoms. The molecule has 0 aliphatic heterocycles. The van der Waals surface area contributed by atoms with Crippen LogP contribution in [-0.4, -0.2) is 7.11 Å². The molecule has 1 aromatic rings. The summed E-state index contributed by atoms with van der Waals surface area (Å²) in [5.41, 5.74) is 6.86. The smallest absolute Gasteiger partial charge is 0.128 e. The van der Waals surface area contributed by atoms with E-state index in [9.17, 15) is 4.39 Å². The zero-order valence-electron chi connectivity index (χ0n) is 8.10. The molecule has 1 aromatic carbocycles. The van der Waals surface area contributed by atoms with Crippen LogP contribution >= 0.6 is 0 Å². The van der Waals surface area contributed by atoms with Crippen LogP contribution in [0, 0.1) is 12.7 Å². The molecule has 0 spiro atoms. The van der Waals surface area contributed by atoms with Gasteiger partial charge < -0.3 is 10.5 Å². The van der Waals surface area contributed by atoms with E-state index < -0.39 is 0 Å². The zero-order valence-corrected chi connectivity index (χ0v) is 8.10. The first-order valence-electron chi connectivity index (χ1n) is 4.16. The fourth-order valence-corrected chi connectivity index (χ4v) is 1.24. The van der Waals surface area contributed by atoms with Crippen LogP contribution in [0.25, 0.3) is 0 Å². The molecular weight excluding hydrogens is 169 g/mol. The minimum absolute atomic E-state index is 0.270. The fourth-order valence-electron chi connectivity index (χ4n) is 1.24. The SMILES string of the molecule is COc1cc(C(C)N)c(F)cc1C. The van der Waals surface area contributed by atoms with Gasteiger partial charge in [-0.2, -0.15) is 0 Å². The van der Waals surface area contributed by atoms with Crippen LogP contribution < -0.4 is 10.5 Å². The van der Waals surface area contributed by atoms with Gasteiger partial charge in [0.05, 0.1) is 7.11 Å². The lowest BCUT2D eigenvalue weighted by Crippen LogP contribution is -2.08. The van der Waals surface area contributed by atoms with Crippen molar-refractivity contribution in [1.29, 1.82) is 0 Å². The van der Waals surface area contributed by atoms with Gasteiger partial charge in [0.2, 0.25) is 0 Å². The standard InChI is InChI=1S/C10H14FNO/c1-6-4-9(11)8(7(2)12)5-10(6)13-3/h4-5,7H,12H2,1-3H3. The molecule has 72 valence electrons. The molecular formula is C10H14FNO. The van der Waals surface area contributed by atoms with Gasteiger partial charge in [-0.25, -0.2) is 4.39 Å². The third-order valence-corrected chi connectivity index (χ3v) is 2.00. The maximum absolute atomic E-state index is 13.3. The van der Waals surface area contributed by atoms with E-state index in [-0.39, 0.29) is 11.9 Å². The number of ether oxygens (including phenoxy) is 1. The van der Waals surface area contributed by atoms with Crippen molar-refractivity contribution in [2.45, 2.75) is 19.9 Å². The largest absolute Gasteiger partial charge is 0.496 e. The van der Waals surface area contributed by atoms with Crippen LogP contribution in [0.3, 0.4) is 0 Å². The molecule has 0 aliphatic rings. The van der Waals surface area contributed by atoms with Crippen molar-refractivity contribution in [3.05, 3.63) is 29.1 Å². The molecule has 1 rings (SSSR count). The zero-order chi connectivity index (χ0) is 10.0. The van der Waals surface area contributed by atoms with Gasteiger partial charge >= 0.3 is 0 Å². The van der Waals surface area contributed by atoms with Crippen LogP contribution in [0.15, 0.2) is 12.1 Å². The molecule has 2 N–H and O–H groups in total. The van der Waals surface area contributed by atoms with Crippen molar-refractivity contribution in [3.63, 3.8) is 0 Å². The lowest BCUT2D eigenvalue weighted by atomic mass is 10.1. The summed E-state index contributed by atoms with van der Waals surface area (Å²) in [5.74, 6) is 0.405. The van der Waals surface area contributed by atoms with Gasteiger partial charge in [0, 0.05) is 11.6 Å². The van der Waals surface area contributed by atoms with Crippen LogP contribution in [0.2, 0.25) is 0 Å². The molecule has 1 atom stereocenters. The Labute approximate surface area is 77.5 Å². The summed E-state index contributed by atoms with van der Waals surface area (Å²) in [5, 5.41) is 0. The molecule has 0 heterocycles. The van der Waals surface area contributed by atoms with Crippen molar-refractivity contribution in [3.8, 4) is 5.75 Å². The van der Waals surface area contributed by atoms with E-state index >= 15 is 0 Å². The summed E-state index contributed by atoms with van der Waals surface area (Å²) in [6.45, 7) is 3.54. The number of rotatable bonds is 2. The van der Waals surface area contributed by atoms with Crippen LogP contribution in [0.1, 0.15) is 24.1 Å². The van der Waals surface area contributed by atoms with Crippen molar-refractivity contribution < 1.29 is 9.13 Å². The Morgan fingerprint density at radius 2 is 2.08 bits per heavy atom. The Balaban J connectivity index is 3.22. The third kappa shape index (κ3) is 1.98. The molecule has 0 fully saturated rings. The number of hydrogen-bond acceptors (Lipinski definition) is 2. The highest BCUT2D eigenvalue weighted by Crippen LogP contribution is 2.24. The second-order valence-electron chi connectivity index (χ2n) is 3.13. The van der Waals surface area contributed by atoms with Gasteiger partial charge in [-0.1, -0.05) is 0 Å². The molecule has 0 amide bonds. The van der Waals surface area contributed by atoms with Crippen LogP contribution in [0.4, 0.5) is 4.39 Å². The van der Waals surface area contributed by atoms with Crippen molar-refractivity contribution in [1.82, 2.24) is 0 Å². The van der Waals surface area contributed by atoms with Gasteiger partial charge in [0.25, 0.3) is 0 Å². The maximum atomic E-state index is 13.3. The van der Waals surface area contributed by atoms with Gasteiger partial charge in [-0.05, 0) is 31.5 Å². The van der Waals surface area contributed by atoms with Crippen LogP contribution in [0.5, 0.6) is 5.75 Å². The van der Waals surface area contributed by atoms with E-state index in [0.29, 0.717) is 11.3 Å². The topological polar surface area (TPSA) is 35.2 Å². The lowest BCUT2D eigenvalue weighted by Gasteiger charge is -2.11. The predicted molar refractivity (Wildman–Crippen MR) is 50.3 cm³/mol. The quantitative estimate of drug-likeness (QED) is 0.762. The molecule has 2 nitrogen and oxygen atoms in total. The normalized spacial score (nSPS) is 12.7. The first-order chi connectivity index (χ1) is 6.06. The van der Waals surface area contributed by atoms with Crippen LogP contribution in [-0.2, 0) is 0 Å². The van der Waals surface area contributed by atoms with Gasteiger partial charge in [0.1, 0.15) is 11.6 Å². The van der Waals surface area contributed by atoms with E-state index in [2.05, 4.69) is 0 Å². The van der Waals surface area contributed by atoms with Crippen molar-refractivity contribution >= 4 is 0 Å². The first-order valence-corrected chi connectivity index (χ1v) is 4.16. The number of aryl methyl sites for hydroxylation is 1. The van der Waals surface area contributed by atoms with Gasteiger partial charge in [-0.3, -0.25) is 0 Å². The van der Waals surface area contributed by atoms with E-state index in [0.717, 1.165) is 5.56 Å². The molecule has 0 aliphatic carbocycles. The Morgan fingerprint density at radius 1 is 1.46 bits per heavy atom. The summed E-state index contributed by atoms with van der Waals surface area (Å²) in [6.07, 6.45) is 0. The maximum Gasteiger partial charge on any atom is 0.128 e. The third-order valence-electron chi connectivity index (χ3n) is 2.00. The molecule has 13 heavy (non-hydrogen) atoms. The average Bonchev–Trinajstić information content (AvgIpc) is 2.03. The fraction of sp³-hybridized carbons (Fsp3) is 0.400. The highest BCUT2D eigenvalue weighted by molar-refractivity contribution is 5.38. The second-order valence-corrected chi connectivity index (χ2v) is 3.13. The summed E-state index contributed by atoms with van der Waals surface area (Å²) in [4.78, 5) is 0. The highest BCUT2D eigenvalue weighted by Gasteiger charge is 2.10. The van der Waals surface area contributed by atoms with E-state index in [1.165, 1.54) is 6.07 Å². The Bertz CT molecular complexity index is 310. The minimum atomic E-state index is -0.311.